The van der Waals surface area contributed by atoms with Crippen LogP contribution >= 0.6 is 0 Å². The second kappa shape index (κ2) is 5.19. The van der Waals surface area contributed by atoms with Crippen LogP contribution in [-0.4, -0.2) is 23.1 Å². The summed E-state index contributed by atoms with van der Waals surface area (Å²) in [5.74, 6) is 1.10. The molecule has 1 aliphatic heterocycles. The molecule has 0 aliphatic carbocycles. The predicted octanol–water partition coefficient (Wildman–Crippen LogP) is 3.23. The lowest BCUT2D eigenvalue weighted by Gasteiger charge is -2.18. The fourth-order valence-corrected chi connectivity index (χ4v) is 2.79. The van der Waals surface area contributed by atoms with Gasteiger partial charge < -0.3 is 4.90 Å². The molecule has 0 amide bonds. The summed E-state index contributed by atoms with van der Waals surface area (Å²) in [4.78, 5) is 11.4. The van der Waals surface area contributed by atoms with E-state index in [0.717, 1.165) is 42.4 Å². The monoisotopic (exact) mass is 271 g/mol. The minimum absolute atomic E-state index is 0.192. The molecule has 0 spiro atoms. The maximum absolute atomic E-state index is 13.0. The van der Waals surface area contributed by atoms with Crippen LogP contribution in [0.2, 0.25) is 0 Å². The third-order valence-electron chi connectivity index (χ3n) is 3.74. The first-order valence-electron chi connectivity index (χ1n) is 6.94. The van der Waals surface area contributed by atoms with Crippen molar-refractivity contribution in [1.82, 2.24) is 9.97 Å². The molecule has 1 atom stereocenters. The molecule has 1 saturated heterocycles. The number of aryl methyl sites for hydroxylation is 2. The van der Waals surface area contributed by atoms with Gasteiger partial charge in [-0.15, -0.1) is 0 Å². The smallest absolute Gasteiger partial charge is 0.133 e. The molecule has 104 valence electrons. The number of nitrogens with zero attached hydrogens (tertiary/aromatic N) is 3. The molecule has 1 aromatic carbocycles. The molecule has 1 aliphatic rings. The van der Waals surface area contributed by atoms with E-state index in [-0.39, 0.29) is 5.82 Å². The van der Waals surface area contributed by atoms with E-state index in [9.17, 15) is 4.39 Å². The average molecular weight is 271 g/mol. The molecule has 0 unspecified atom stereocenters. The van der Waals surface area contributed by atoms with Gasteiger partial charge in [-0.05, 0) is 50.6 Å². The topological polar surface area (TPSA) is 29.0 Å². The normalized spacial score (nSPS) is 18.6. The summed E-state index contributed by atoms with van der Waals surface area (Å²) < 4.78 is 13.0. The lowest BCUT2D eigenvalue weighted by atomic mass is 10.1. The summed E-state index contributed by atoms with van der Waals surface area (Å²) in [6.07, 6.45) is 1.04. The van der Waals surface area contributed by atoms with Crippen molar-refractivity contribution in [2.75, 3.05) is 18.0 Å². The Hall–Kier alpha value is -1.97. The Morgan fingerprint density at radius 2 is 1.75 bits per heavy atom. The van der Waals surface area contributed by atoms with Crippen LogP contribution in [-0.2, 0) is 0 Å². The van der Waals surface area contributed by atoms with Gasteiger partial charge in [0.1, 0.15) is 11.6 Å². The van der Waals surface area contributed by atoms with Gasteiger partial charge in [-0.25, -0.2) is 14.4 Å². The average Bonchev–Trinajstić information content (AvgIpc) is 2.88. The van der Waals surface area contributed by atoms with E-state index in [1.54, 1.807) is 0 Å². The number of benzene rings is 1. The molecule has 4 heteroatoms. The van der Waals surface area contributed by atoms with Crippen LogP contribution in [0.3, 0.4) is 0 Å². The van der Waals surface area contributed by atoms with Gasteiger partial charge in [0, 0.05) is 36.1 Å². The second-order valence-electron chi connectivity index (χ2n) is 5.42. The van der Waals surface area contributed by atoms with E-state index in [1.165, 1.54) is 12.1 Å². The first-order valence-corrected chi connectivity index (χ1v) is 6.94. The quantitative estimate of drug-likeness (QED) is 0.839. The fraction of sp³-hybridized carbons (Fsp3) is 0.375. The molecule has 0 radical (unpaired) electrons. The molecule has 0 bridgehead atoms. The first-order chi connectivity index (χ1) is 9.61. The fourth-order valence-electron chi connectivity index (χ4n) is 2.79. The third kappa shape index (κ3) is 2.64. The number of hydrogen-bond donors (Lipinski definition) is 0. The van der Waals surface area contributed by atoms with Gasteiger partial charge in [-0.2, -0.15) is 0 Å². The lowest BCUT2D eigenvalue weighted by molar-refractivity contribution is 0.627. The van der Waals surface area contributed by atoms with E-state index in [4.69, 9.17) is 0 Å². The van der Waals surface area contributed by atoms with Gasteiger partial charge in [-0.3, -0.25) is 0 Å². The molecule has 0 N–H and O–H groups in total. The predicted molar refractivity (Wildman–Crippen MR) is 77.5 cm³/mol. The van der Waals surface area contributed by atoms with Crippen molar-refractivity contribution in [3.8, 4) is 0 Å². The summed E-state index contributed by atoms with van der Waals surface area (Å²) in [6.45, 7) is 5.87. The molecule has 2 aromatic rings. The number of anilines is 1. The summed E-state index contributed by atoms with van der Waals surface area (Å²) in [6, 6.07) is 8.68. The Kier molecular flexibility index (Phi) is 3.38. The number of aromatic nitrogens is 2. The summed E-state index contributed by atoms with van der Waals surface area (Å²) in [5, 5.41) is 0. The maximum Gasteiger partial charge on any atom is 0.133 e. The molecule has 3 rings (SSSR count). The summed E-state index contributed by atoms with van der Waals surface area (Å²) in [7, 11) is 0. The molecule has 1 fully saturated rings. The van der Waals surface area contributed by atoms with Crippen molar-refractivity contribution in [1.29, 1.82) is 0 Å². The van der Waals surface area contributed by atoms with Gasteiger partial charge in [0.05, 0.1) is 0 Å². The second-order valence-corrected chi connectivity index (χ2v) is 5.42. The molecule has 0 saturated carbocycles. The van der Waals surface area contributed by atoms with Gasteiger partial charge in [0.15, 0.2) is 0 Å². The largest absolute Gasteiger partial charge is 0.371 e. The van der Waals surface area contributed by atoms with Crippen molar-refractivity contribution in [3.05, 3.63) is 53.4 Å². The highest BCUT2D eigenvalue weighted by molar-refractivity contribution is 5.47. The van der Waals surface area contributed by atoms with Gasteiger partial charge in [-0.1, -0.05) is 0 Å². The van der Waals surface area contributed by atoms with Gasteiger partial charge in [0.2, 0.25) is 0 Å². The standard InChI is InChI=1S/C16H18FN3/c1-11-9-12(2)19-16(18-11)13-7-8-20(10-13)15-5-3-14(17)4-6-15/h3-6,9,13H,7-8,10H2,1-2H3/t13-/m1/s1. The van der Waals surface area contributed by atoms with E-state index >= 15 is 0 Å². The zero-order chi connectivity index (χ0) is 14.1. The van der Waals surface area contributed by atoms with Crippen molar-refractivity contribution in [2.24, 2.45) is 0 Å². The number of hydrogen-bond acceptors (Lipinski definition) is 3. The maximum atomic E-state index is 13.0. The summed E-state index contributed by atoms with van der Waals surface area (Å²) >= 11 is 0. The van der Waals surface area contributed by atoms with E-state index in [1.807, 2.05) is 32.0 Å². The Balaban J connectivity index is 1.77. The molecule has 3 nitrogen and oxygen atoms in total. The van der Waals surface area contributed by atoms with Crippen LogP contribution in [0, 0.1) is 19.7 Å². The van der Waals surface area contributed by atoms with Gasteiger partial charge in [0.25, 0.3) is 0 Å². The Morgan fingerprint density at radius 1 is 1.10 bits per heavy atom. The van der Waals surface area contributed by atoms with Crippen LogP contribution in [0.4, 0.5) is 10.1 Å². The van der Waals surface area contributed by atoms with Crippen molar-refractivity contribution in [2.45, 2.75) is 26.2 Å². The highest BCUT2D eigenvalue weighted by Crippen LogP contribution is 2.29. The third-order valence-corrected chi connectivity index (χ3v) is 3.74. The van der Waals surface area contributed by atoms with Crippen LogP contribution in [0.25, 0.3) is 0 Å². The minimum atomic E-state index is -0.192. The molecular formula is C16H18FN3. The zero-order valence-electron chi connectivity index (χ0n) is 11.8. The van der Waals surface area contributed by atoms with Crippen LogP contribution in [0.1, 0.15) is 29.6 Å². The van der Waals surface area contributed by atoms with E-state index in [0.29, 0.717) is 5.92 Å². The zero-order valence-corrected chi connectivity index (χ0v) is 11.8. The Bertz CT molecular complexity index is 589. The Labute approximate surface area is 118 Å². The highest BCUT2D eigenvalue weighted by atomic mass is 19.1. The Morgan fingerprint density at radius 3 is 2.40 bits per heavy atom. The van der Waals surface area contributed by atoms with Crippen molar-refractivity contribution < 1.29 is 4.39 Å². The van der Waals surface area contributed by atoms with E-state index < -0.39 is 0 Å². The molecular weight excluding hydrogens is 253 g/mol. The van der Waals surface area contributed by atoms with Crippen LogP contribution in [0.15, 0.2) is 30.3 Å². The lowest BCUT2D eigenvalue weighted by Crippen LogP contribution is -2.19. The molecule has 1 aromatic heterocycles. The van der Waals surface area contributed by atoms with Crippen LogP contribution in [0.5, 0.6) is 0 Å². The number of rotatable bonds is 2. The van der Waals surface area contributed by atoms with E-state index in [2.05, 4.69) is 14.9 Å². The van der Waals surface area contributed by atoms with Crippen LogP contribution < -0.4 is 4.90 Å². The van der Waals surface area contributed by atoms with Crippen molar-refractivity contribution in [3.63, 3.8) is 0 Å². The SMILES string of the molecule is Cc1cc(C)nc([C@@H]2CCN(c3ccc(F)cc3)C2)n1. The van der Waals surface area contributed by atoms with Gasteiger partial charge >= 0.3 is 0 Å². The van der Waals surface area contributed by atoms with Crippen molar-refractivity contribution >= 4 is 5.69 Å². The number of halogens is 1. The summed E-state index contributed by atoms with van der Waals surface area (Å²) in [5.41, 5.74) is 3.11. The first kappa shape index (κ1) is 13.0. The highest BCUT2D eigenvalue weighted by Gasteiger charge is 2.26. The minimum Gasteiger partial charge on any atom is -0.371 e. The molecule has 20 heavy (non-hydrogen) atoms. The molecule has 2 heterocycles.